The highest BCUT2D eigenvalue weighted by Crippen LogP contribution is 2.23. The molecule has 2 aromatic heterocycles. The zero-order chi connectivity index (χ0) is 11.8. The van der Waals surface area contributed by atoms with Gasteiger partial charge in [0.05, 0.1) is 23.5 Å². The first kappa shape index (κ1) is 9.83. The summed E-state index contributed by atoms with van der Waals surface area (Å²) in [6.07, 6.45) is 2.93. The molecule has 0 unspecified atom stereocenters. The average Bonchev–Trinajstić information content (AvgIpc) is 2.75. The first-order valence-electron chi connectivity index (χ1n) is 4.86. The molecule has 0 saturated carbocycles. The van der Waals surface area contributed by atoms with Crippen molar-refractivity contribution in [2.75, 3.05) is 0 Å². The lowest BCUT2D eigenvalue weighted by Crippen LogP contribution is -1.87. The Kier molecular flexibility index (Phi) is 2.07. The van der Waals surface area contributed by atoms with Gasteiger partial charge >= 0.3 is 0 Å². The Hall–Kier alpha value is -2.37. The van der Waals surface area contributed by atoms with Crippen molar-refractivity contribution in [3.63, 3.8) is 0 Å². The Balaban J connectivity index is 2.23. The summed E-state index contributed by atoms with van der Waals surface area (Å²) in [7, 11) is 0. The summed E-state index contributed by atoms with van der Waals surface area (Å²) < 4.78 is 26.6. The molecule has 0 radical (unpaired) electrons. The molecule has 4 nitrogen and oxygen atoms in total. The average molecular weight is 232 g/mol. The molecule has 0 bridgehead atoms. The fourth-order valence-corrected chi connectivity index (χ4v) is 1.58. The van der Waals surface area contributed by atoms with Gasteiger partial charge in [0.15, 0.2) is 0 Å². The number of hydrogen-bond donors (Lipinski definition) is 1. The predicted molar refractivity (Wildman–Crippen MR) is 57.0 cm³/mol. The number of H-pyrrole nitrogens is 1. The maximum absolute atomic E-state index is 13.5. The highest BCUT2D eigenvalue weighted by Gasteiger charge is 2.11. The normalized spacial score (nSPS) is 10.9. The molecule has 2 heterocycles. The van der Waals surface area contributed by atoms with Gasteiger partial charge in [-0.2, -0.15) is 10.2 Å². The van der Waals surface area contributed by atoms with Crippen molar-refractivity contribution in [2.45, 2.75) is 0 Å². The maximum atomic E-state index is 13.5. The molecule has 1 N–H and O–H groups in total. The molecule has 0 atom stereocenters. The highest BCUT2D eigenvalue weighted by molar-refractivity contribution is 5.77. The summed E-state index contributed by atoms with van der Waals surface area (Å²) in [5.74, 6) is -0.795. The molecule has 0 fully saturated rings. The van der Waals surface area contributed by atoms with Gasteiger partial charge < -0.3 is 4.98 Å². The number of imidazole rings is 1. The minimum Gasteiger partial charge on any atom is -0.336 e. The van der Waals surface area contributed by atoms with E-state index in [9.17, 15) is 8.78 Å². The Bertz CT molecular complexity index is 660. The first-order valence-corrected chi connectivity index (χ1v) is 4.86. The molecular formula is C11H6F2N4. The van der Waals surface area contributed by atoms with Gasteiger partial charge in [0.25, 0.3) is 0 Å². The smallest absolute Gasteiger partial charge is 0.141 e. The summed E-state index contributed by atoms with van der Waals surface area (Å²) in [4.78, 5) is 6.98. The van der Waals surface area contributed by atoms with E-state index in [4.69, 9.17) is 0 Å². The number of nitrogens with one attached hydrogen (secondary N) is 1. The molecule has 3 rings (SSSR count). The second kappa shape index (κ2) is 3.58. The minimum atomic E-state index is -0.536. The van der Waals surface area contributed by atoms with Crippen LogP contribution in [-0.2, 0) is 0 Å². The fourth-order valence-electron chi connectivity index (χ4n) is 1.58. The monoisotopic (exact) mass is 232 g/mol. The SMILES string of the molecule is Fc1ccc(F)c(-c2nc3cnncc3[nH]2)c1. The summed E-state index contributed by atoms with van der Waals surface area (Å²) in [5.41, 5.74) is 1.26. The Morgan fingerprint density at radius 1 is 1.06 bits per heavy atom. The van der Waals surface area contributed by atoms with Crippen LogP contribution in [0, 0.1) is 11.6 Å². The molecule has 1 aromatic carbocycles. The summed E-state index contributed by atoms with van der Waals surface area (Å²) in [6, 6.07) is 3.22. The zero-order valence-corrected chi connectivity index (χ0v) is 8.48. The highest BCUT2D eigenvalue weighted by atomic mass is 19.1. The summed E-state index contributed by atoms with van der Waals surface area (Å²) in [5, 5.41) is 7.33. The molecular weight excluding hydrogens is 226 g/mol. The van der Waals surface area contributed by atoms with Gasteiger partial charge in [0.1, 0.15) is 23.0 Å². The molecule has 3 aromatic rings. The zero-order valence-electron chi connectivity index (χ0n) is 8.48. The van der Waals surface area contributed by atoms with Crippen LogP contribution in [0.5, 0.6) is 0 Å². The van der Waals surface area contributed by atoms with Gasteiger partial charge in [0, 0.05) is 0 Å². The minimum absolute atomic E-state index is 0.0844. The van der Waals surface area contributed by atoms with Crippen molar-refractivity contribution in [2.24, 2.45) is 0 Å². The molecule has 0 aliphatic rings. The van der Waals surface area contributed by atoms with E-state index < -0.39 is 11.6 Å². The van der Waals surface area contributed by atoms with Crippen LogP contribution in [0.25, 0.3) is 22.4 Å². The van der Waals surface area contributed by atoms with E-state index in [1.165, 1.54) is 12.4 Å². The lowest BCUT2D eigenvalue weighted by molar-refractivity contribution is 0.602. The van der Waals surface area contributed by atoms with E-state index in [2.05, 4.69) is 20.2 Å². The van der Waals surface area contributed by atoms with Crippen LogP contribution in [0.4, 0.5) is 8.78 Å². The van der Waals surface area contributed by atoms with Gasteiger partial charge in [-0.05, 0) is 18.2 Å². The Morgan fingerprint density at radius 3 is 2.71 bits per heavy atom. The van der Waals surface area contributed by atoms with Crippen LogP contribution < -0.4 is 0 Å². The van der Waals surface area contributed by atoms with Crippen LogP contribution in [0.3, 0.4) is 0 Å². The second-order valence-electron chi connectivity index (χ2n) is 3.50. The number of hydrogen-bond acceptors (Lipinski definition) is 3. The second-order valence-corrected chi connectivity index (χ2v) is 3.50. The number of benzene rings is 1. The van der Waals surface area contributed by atoms with E-state index >= 15 is 0 Å². The van der Waals surface area contributed by atoms with Crippen molar-refractivity contribution in [1.82, 2.24) is 20.2 Å². The molecule has 0 saturated heterocycles. The van der Waals surface area contributed by atoms with Gasteiger partial charge in [-0.1, -0.05) is 0 Å². The molecule has 84 valence electrons. The maximum Gasteiger partial charge on any atom is 0.141 e. The van der Waals surface area contributed by atoms with Crippen molar-refractivity contribution >= 4 is 11.0 Å². The third-order valence-corrected chi connectivity index (χ3v) is 2.38. The first-order chi connectivity index (χ1) is 8.24. The summed E-state index contributed by atoms with van der Waals surface area (Å²) >= 11 is 0. The molecule has 0 aliphatic heterocycles. The quantitative estimate of drug-likeness (QED) is 0.700. The van der Waals surface area contributed by atoms with Crippen LogP contribution in [0.15, 0.2) is 30.6 Å². The standard InChI is InChI=1S/C11H6F2N4/c12-6-1-2-8(13)7(3-6)11-16-9-4-14-15-5-10(9)17-11/h1-5H,(H,16,17). The van der Waals surface area contributed by atoms with Gasteiger partial charge in [-0.3, -0.25) is 0 Å². The van der Waals surface area contributed by atoms with Crippen molar-refractivity contribution in [1.29, 1.82) is 0 Å². The molecule has 0 aliphatic carbocycles. The van der Waals surface area contributed by atoms with E-state index in [0.717, 1.165) is 18.2 Å². The Morgan fingerprint density at radius 2 is 1.88 bits per heavy atom. The number of aromatic amines is 1. The third kappa shape index (κ3) is 1.63. The van der Waals surface area contributed by atoms with E-state index in [1.54, 1.807) is 0 Å². The lowest BCUT2D eigenvalue weighted by Gasteiger charge is -1.98. The predicted octanol–water partition coefficient (Wildman–Crippen LogP) is 2.30. The Labute approximate surface area is 94.3 Å². The fraction of sp³-hybridized carbons (Fsp3) is 0. The van der Waals surface area contributed by atoms with Crippen LogP contribution in [-0.4, -0.2) is 20.2 Å². The molecule has 0 amide bonds. The van der Waals surface area contributed by atoms with Gasteiger partial charge in [-0.15, -0.1) is 0 Å². The number of fused-ring (bicyclic) bond motifs is 1. The van der Waals surface area contributed by atoms with Crippen molar-refractivity contribution in [3.8, 4) is 11.4 Å². The molecule has 6 heteroatoms. The third-order valence-electron chi connectivity index (χ3n) is 2.38. The van der Waals surface area contributed by atoms with Crippen LogP contribution in [0.2, 0.25) is 0 Å². The van der Waals surface area contributed by atoms with Gasteiger partial charge in [-0.25, -0.2) is 13.8 Å². The molecule has 0 spiro atoms. The number of rotatable bonds is 1. The van der Waals surface area contributed by atoms with E-state index in [0.29, 0.717) is 11.0 Å². The number of nitrogens with zero attached hydrogens (tertiary/aromatic N) is 3. The van der Waals surface area contributed by atoms with E-state index in [1.807, 2.05) is 0 Å². The van der Waals surface area contributed by atoms with Crippen molar-refractivity contribution in [3.05, 3.63) is 42.2 Å². The van der Waals surface area contributed by atoms with Crippen LogP contribution >= 0.6 is 0 Å². The summed E-state index contributed by atoms with van der Waals surface area (Å²) in [6.45, 7) is 0. The van der Waals surface area contributed by atoms with Crippen LogP contribution in [0.1, 0.15) is 0 Å². The number of aromatic nitrogens is 4. The van der Waals surface area contributed by atoms with Gasteiger partial charge in [0.2, 0.25) is 0 Å². The lowest BCUT2D eigenvalue weighted by atomic mass is 10.2. The van der Waals surface area contributed by atoms with E-state index in [-0.39, 0.29) is 11.4 Å². The number of halogens is 2. The topological polar surface area (TPSA) is 54.5 Å². The largest absolute Gasteiger partial charge is 0.336 e. The molecule has 17 heavy (non-hydrogen) atoms. The van der Waals surface area contributed by atoms with Crippen molar-refractivity contribution < 1.29 is 8.78 Å².